The molecular formula is C9H16N2O3S. The van der Waals surface area contributed by atoms with Gasteiger partial charge in [-0.25, -0.2) is 0 Å². The van der Waals surface area contributed by atoms with Crippen LogP contribution in [0.3, 0.4) is 0 Å². The van der Waals surface area contributed by atoms with Crippen LogP contribution in [0.1, 0.15) is 13.3 Å². The molecule has 6 heteroatoms. The molecular weight excluding hydrogens is 216 g/mol. The lowest BCUT2D eigenvalue weighted by Crippen LogP contribution is -2.51. The van der Waals surface area contributed by atoms with E-state index >= 15 is 0 Å². The number of hydrogen-bond donors (Lipinski definition) is 2. The molecule has 3 N–H and O–H groups in total. The van der Waals surface area contributed by atoms with Gasteiger partial charge in [-0.2, -0.15) is 0 Å². The number of rotatable bonds is 3. The van der Waals surface area contributed by atoms with Crippen LogP contribution in [0.4, 0.5) is 0 Å². The second-order valence-corrected chi connectivity index (χ2v) is 5.27. The van der Waals surface area contributed by atoms with Crippen molar-refractivity contribution in [2.24, 2.45) is 5.73 Å². The second-order valence-electron chi connectivity index (χ2n) is 3.67. The van der Waals surface area contributed by atoms with Crippen LogP contribution in [0.25, 0.3) is 0 Å². The largest absolute Gasteiger partial charge is 0.468 e. The molecule has 0 aliphatic carbocycles. The summed E-state index contributed by atoms with van der Waals surface area (Å²) in [5.74, 6) is 0.309. The van der Waals surface area contributed by atoms with Gasteiger partial charge in [0.05, 0.1) is 11.9 Å². The highest BCUT2D eigenvalue weighted by Crippen LogP contribution is 2.32. The zero-order valence-corrected chi connectivity index (χ0v) is 9.73. The molecule has 1 amide bonds. The minimum atomic E-state index is -0.739. The van der Waals surface area contributed by atoms with E-state index in [0.29, 0.717) is 13.0 Å². The number of thioether (sulfide) groups is 1. The Morgan fingerprint density at radius 1 is 1.80 bits per heavy atom. The predicted octanol–water partition coefficient (Wildman–Crippen LogP) is -0.501. The summed E-state index contributed by atoms with van der Waals surface area (Å²) < 4.78 is 3.91. The van der Waals surface area contributed by atoms with Crippen molar-refractivity contribution in [3.63, 3.8) is 0 Å². The Balaban J connectivity index is 2.61. The second kappa shape index (κ2) is 4.85. The first-order valence-corrected chi connectivity index (χ1v) is 5.74. The van der Waals surface area contributed by atoms with Gasteiger partial charge in [-0.15, -0.1) is 11.8 Å². The maximum atomic E-state index is 11.6. The number of carbonyl (C=O) groups excluding carboxylic acids is 2. The molecule has 5 nitrogen and oxygen atoms in total. The van der Waals surface area contributed by atoms with E-state index in [-0.39, 0.29) is 5.91 Å². The van der Waals surface area contributed by atoms with Crippen LogP contribution in [0.15, 0.2) is 0 Å². The van der Waals surface area contributed by atoms with Crippen LogP contribution in [0, 0.1) is 0 Å². The molecule has 1 aliphatic heterocycles. The number of nitrogens with two attached hydrogens (primary N) is 1. The van der Waals surface area contributed by atoms with Crippen molar-refractivity contribution in [2.75, 3.05) is 19.4 Å². The van der Waals surface area contributed by atoms with Crippen LogP contribution >= 0.6 is 11.8 Å². The van der Waals surface area contributed by atoms with Crippen LogP contribution in [-0.4, -0.2) is 42.1 Å². The molecule has 2 atom stereocenters. The van der Waals surface area contributed by atoms with Gasteiger partial charge < -0.3 is 15.8 Å². The van der Waals surface area contributed by atoms with Crippen LogP contribution in [0.5, 0.6) is 0 Å². The van der Waals surface area contributed by atoms with Crippen LogP contribution in [-0.2, 0) is 14.3 Å². The summed E-state index contributed by atoms with van der Waals surface area (Å²) in [4.78, 5) is 22.8. The monoisotopic (exact) mass is 232 g/mol. The van der Waals surface area contributed by atoms with Gasteiger partial charge in [-0.05, 0) is 13.3 Å². The summed E-state index contributed by atoms with van der Waals surface area (Å²) in [6.07, 6.45) is 0.302. The first-order valence-electron chi connectivity index (χ1n) is 4.75. The Morgan fingerprint density at radius 3 is 3.00 bits per heavy atom. The van der Waals surface area contributed by atoms with E-state index in [1.165, 1.54) is 18.9 Å². The molecule has 15 heavy (non-hydrogen) atoms. The highest BCUT2D eigenvalue weighted by Gasteiger charge is 2.39. The molecule has 1 heterocycles. The van der Waals surface area contributed by atoms with E-state index in [1.54, 1.807) is 6.92 Å². The minimum absolute atomic E-state index is 0.0573. The van der Waals surface area contributed by atoms with Gasteiger partial charge in [-0.3, -0.25) is 9.59 Å². The Kier molecular flexibility index (Phi) is 3.98. The molecule has 0 aromatic heterocycles. The van der Waals surface area contributed by atoms with Gasteiger partial charge in [-0.1, -0.05) is 0 Å². The van der Waals surface area contributed by atoms with Crippen molar-refractivity contribution in [3.05, 3.63) is 0 Å². The lowest BCUT2D eigenvalue weighted by Gasteiger charge is -2.33. The van der Waals surface area contributed by atoms with E-state index in [4.69, 9.17) is 5.73 Å². The third-order valence-electron chi connectivity index (χ3n) is 2.40. The zero-order chi connectivity index (χ0) is 11.5. The molecule has 86 valence electrons. The number of methoxy groups -OCH3 is 1. The van der Waals surface area contributed by atoms with Gasteiger partial charge in [0.25, 0.3) is 0 Å². The van der Waals surface area contributed by atoms with Crippen molar-refractivity contribution >= 4 is 23.6 Å². The van der Waals surface area contributed by atoms with Gasteiger partial charge in [0, 0.05) is 12.3 Å². The van der Waals surface area contributed by atoms with E-state index in [1.807, 2.05) is 0 Å². The maximum Gasteiger partial charge on any atom is 0.322 e. The highest BCUT2D eigenvalue weighted by atomic mass is 32.2. The summed E-state index contributed by atoms with van der Waals surface area (Å²) in [5, 5.41) is 2.77. The molecule has 0 spiro atoms. The molecule has 0 aromatic rings. The fraction of sp³-hybridized carbons (Fsp3) is 0.778. The van der Waals surface area contributed by atoms with Crippen LogP contribution in [0.2, 0.25) is 0 Å². The molecule has 0 saturated carbocycles. The van der Waals surface area contributed by atoms with Crippen LogP contribution < -0.4 is 11.1 Å². The maximum absolute atomic E-state index is 11.6. The molecule has 1 aliphatic rings. The molecule has 0 bridgehead atoms. The van der Waals surface area contributed by atoms with Gasteiger partial charge in [0.2, 0.25) is 5.91 Å². The molecule has 0 radical (unpaired) electrons. The predicted molar refractivity (Wildman–Crippen MR) is 58.5 cm³/mol. The number of ether oxygens (including phenoxy) is 1. The average molecular weight is 232 g/mol. The molecule has 1 saturated heterocycles. The van der Waals surface area contributed by atoms with Gasteiger partial charge in [0.15, 0.2) is 0 Å². The van der Waals surface area contributed by atoms with Crippen molar-refractivity contribution in [3.8, 4) is 0 Å². The van der Waals surface area contributed by atoms with E-state index in [0.717, 1.165) is 5.75 Å². The third kappa shape index (κ3) is 2.85. The lowest BCUT2D eigenvalue weighted by molar-refractivity contribution is -0.142. The Morgan fingerprint density at radius 2 is 2.47 bits per heavy atom. The summed E-state index contributed by atoms with van der Waals surface area (Å²) in [6, 6.07) is -0.739. The minimum Gasteiger partial charge on any atom is -0.468 e. The van der Waals surface area contributed by atoms with Gasteiger partial charge in [0.1, 0.15) is 6.04 Å². The van der Waals surface area contributed by atoms with E-state index < -0.39 is 16.8 Å². The SMILES string of the molecule is COC(=O)[C@@H](N)C[C@@]1(C)SCCNC1=O. The summed E-state index contributed by atoms with van der Waals surface area (Å²) in [5.41, 5.74) is 5.64. The summed E-state index contributed by atoms with van der Waals surface area (Å²) >= 11 is 1.53. The Bertz CT molecular complexity index is 272. The highest BCUT2D eigenvalue weighted by molar-refractivity contribution is 8.01. The first-order chi connectivity index (χ1) is 6.99. The Labute approximate surface area is 93.1 Å². The molecule has 1 rings (SSSR count). The Hall–Kier alpha value is -0.750. The van der Waals surface area contributed by atoms with Crippen molar-refractivity contribution < 1.29 is 14.3 Å². The summed E-state index contributed by atoms with van der Waals surface area (Å²) in [6.45, 7) is 2.47. The van der Waals surface area contributed by atoms with Crippen molar-refractivity contribution in [1.29, 1.82) is 0 Å². The number of nitrogens with one attached hydrogen (secondary N) is 1. The van der Waals surface area contributed by atoms with Crippen molar-refractivity contribution in [1.82, 2.24) is 5.32 Å². The molecule has 0 aromatic carbocycles. The first kappa shape index (κ1) is 12.3. The van der Waals surface area contributed by atoms with E-state index in [2.05, 4.69) is 10.1 Å². The number of carbonyl (C=O) groups is 2. The fourth-order valence-corrected chi connectivity index (χ4v) is 2.65. The number of esters is 1. The number of amides is 1. The standard InChI is InChI=1S/C9H16N2O3S/c1-9(5-6(10)7(12)14-2)8(13)11-3-4-15-9/h6H,3-5,10H2,1-2H3,(H,11,13)/t6-,9+/m0/s1. The van der Waals surface area contributed by atoms with E-state index in [9.17, 15) is 9.59 Å². The number of hydrogen-bond acceptors (Lipinski definition) is 5. The molecule has 0 unspecified atom stereocenters. The zero-order valence-electron chi connectivity index (χ0n) is 8.91. The summed E-state index contributed by atoms with van der Waals surface area (Å²) in [7, 11) is 1.29. The third-order valence-corrected chi connectivity index (χ3v) is 3.80. The van der Waals surface area contributed by atoms with Gasteiger partial charge >= 0.3 is 5.97 Å². The molecule has 1 fully saturated rings. The normalized spacial score (nSPS) is 28.1. The quantitative estimate of drug-likeness (QED) is 0.641. The lowest BCUT2D eigenvalue weighted by atomic mass is 10.00. The van der Waals surface area contributed by atoms with Crippen molar-refractivity contribution in [2.45, 2.75) is 24.1 Å². The fourth-order valence-electron chi connectivity index (χ4n) is 1.50. The average Bonchev–Trinajstić information content (AvgIpc) is 2.21. The topological polar surface area (TPSA) is 81.4 Å². The smallest absolute Gasteiger partial charge is 0.322 e.